The minimum atomic E-state index is -0.745. The molecule has 0 aliphatic rings. The van der Waals surface area contributed by atoms with Crippen molar-refractivity contribution >= 4 is 60.3 Å². The van der Waals surface area contributed by atoms with Crippen molar-refractivity contribution in [3.8, 4) is 0 Å². The third kappa shape index (κ3) is 3.97. The van der Waals surface area contributed by atoms with Crippen molar-refractivity contribution in [3.63, 3.8) is 0 Å². The molecule has 0 aromatic heterocycles. The zero-order valence-corrected chi connectivity index (χ0v) is 23.1. The Morgan fingerprint density at radius 3 is 1.06 bits per heavy atom. The highest BCUT2D eigenvalue weighted by Gasteiger charge is 2.30. The number of hydrogen-bond acceptors (Lipinski definition) is 0. The summed E-state index contributed by atoms with van der Waals surface area (Å²) in [5.41, 5.74) is 2.79. The van der Waals surface area contributed by atoms with Crippen LogP contribution < -0.4 is 10.4 Å². The number of benzene rings is 4. The summed E-state index contributed by atoms with van der Waals surface area (Å²) in [6.07, 6.45) is 0. The van der Waals surface area contributed by atoms with Crippen LogP contribution in [0.1, 0.15) is 55.4 Å². The summed E-state index contributed by atoms with van der Waals surface area (Å²) in [5.74, 6) is 0. The van der Waals surface area contributed by atoms with Crippen molar-refractivity contribution in [1.29, 1.82) is 0 Å². The zero-order valence-electron chi connectivity index (χ0n) is 21.1. The summed E-state index contributed by atoms with van der Waals surface area (Å²) >= 11 is 0. The first-order valence-corrected chi connectivity index (χ1v) is 15.6. The van der Waals surface area contributed by atoms with E-state index in [0.717, 1.165) is 0 Å². The van der Waals surface area contributed by atoms with Gasteiger partial charge in [-0.05, 0) is 77.0 Å². The summed E-state index contributed by atoms with van der Waals surface area (Å²) in [6.45, 7) is 19.6. The molecule has 2 radical (unpaired) electrons. The molecule has 4 rings (SSSR count). The van der Waals surface area contributed by atoms with Gasteiger partial charge in [0.1, 0.15) is 0 Å². The van der Waals surface area contributed by atoms with Gasteiger partial charge in [0.15, 0.2) is 0 Å². The maximum atomic E-state index is 2.53. The molecule has 0 unspecified atom stereocenters. The zero-order chi connectivity index (χ0) is 23.2. The molecule has 4 aromatic rings. The largest absolute Gasteiger partial charge is 0.0927 e. The van der Waals surface area contributed by atoms with Crippen molar-refractivity contribution in [2.75, 3.05) is 0 Å². The summed E-state index contributed by atoms with van der Waals surface area (Å²) in [5, 5.41) is 12.2. The Balaban J connectivity index is 2.28. The molecule has 0 saturated carbocycles. The second kappa shape index (κ2) is 9.15. The van der Waals surface area contributed by atoms with Gasteiger partial charge >= 0.3 is 0 Å². The Morgan fingerprint density at radius 2 is 0.750 bits per heavy atom. The maximum Gasteiger partial charge on any atom is 0.0927 e. The fourth-order valence-electron chi connectivity index (χ4n) is 5.98. The predicted octanol–water partition coefficient (Wildman–Crippen LogP) is 8.19. The van der Waals surface area contributed by atoms with E-state index in [4.69, 9.17) is 0 Å². The van der Waals surface area contributed by atoms with Crippen LogP contribution in [-0.4, -0.2) is 17.6 Å². The van der Waals surface area contributed by atoms with E-state index < -0.39 is 17.6 Å². The van der Waals surface area contributed by atoms with Crippen molar-refractivity contribution < 1.29 is 0 Å². The monoisotopic (exact) mass is 454 g/mol. The fourth-order valence-corrected chi connectivity index (χ4v) is 13.1. The van der Waals surface area contributed by atoms with E-state index in [-0.39, 0.29) is 0 Å². The highest BCUT2D eigenvalue weighted by molar-refractivity contribution is 6.83. The molecule has 0 aliphatic heterocycles. The smallest absolute Gasteiger partial charge is 0.0650 e. The maximum absolute atomic E-state index is 2.53. The van der Waals surface area contributed by atoms with E-state index in [1.807, 2.05) is 0 Å². The lowest BCUT2D eigenvalue weighted by Crippen LogP contribution is -2.40. The molecule has 0 atom stereocenters. The number of fused-ring (bicyclic) bond motifs is 3. The minimum Gasteiger partial charge on any atom is -0.0650 e. The molecule has 0 heterocycles. The van der Waals surface area contributed by atoms with Gasteiger partial charge in [-0.15, -0.1) is 0 Å². The molecule has 0 N–H and O–H groups in total. The fraction of sp³-hybridized carbons (Fsp3) is 0.400. The lowest BCUT2D eigenvalue weighted by molar-refractivity contribution is 0.952. The molecule has 0 saturated heterocycles. The molecule has 166 valence electrons. The highest BCUT2D eigenvalue weighted by atomic mass is 28.3. The van der Waals surface area contributed by atoms with Crippen molar-refractivity contribution in [3.05, 3.63) is 60.7 Å². The average molecular weight is 455 g/mol. The second-order valence-corrected chi connectivity index (χ2v) is 18.0. The Hall–Kier alpha value is -1.91. The topological polar surface area (TPSA) is 0 Å². The first-order chi connectivity index (χ1) is 15.2. The van der Waals surface area contributed by atoms with Gasteiger partial charge in [0.25, 0.3) is 0 Å². The van der Waals surface area contributed by atoms with Crippen LogP contribution in [0.25, 0.3) is 32.3 Å². The summed E-state index contributed by atoms with van der Waals surface area (Å²) in [7, 11) is -1.49. The van der Waals surface area contributed by atoms with Crippen LogP contribution in [0.4, 0.5) is 0 Å². The molecular weight excluding hydrogens is 417 g/mol. The molecule has 0 nitrogen and oxygen atoms in total. The van der Waals surface area contributed by atoms with E-state index in [1.165, 1.54) is 32.3 Å². The van der Waals surface area contributed by atoms with E-state index in [1.54, 1.807) is 10.4 Å². The summed E-state index contributed by atoms with van der Waals surface area (Å²) < 4.78 is 0. The van der Waals surface area contributed by atoms with Gasteiger partial charge in [-0.3, -0.25) is 0 Å². The first-order valence-electron chi connectivity index (χ1n) is 12.3. The van der Waals surface area contributed by atoms with Gasteiger partial charge in [-0.25, -0.2) is 0 Å². The van der Waals surface area contributed by atoms with Gasteiger partial charge in [0, 0.05) is 0 Å². The average Bonchev–Trinajstić information content (AvgIpc) is 2.72. The highest BCUT2D eigenvalue weighted by Crippen LogP contribution is 2.33. The van der Waals surface area contributed by atoms with E-state index in [2.05, 4.69) is 116 Å². The normalized spacial score (nSPS) is 12.8. The molecule has 0 aliphatic carbocycles. The molecule has 0 fully saturated rings. The van der Waals surface area contributed by atoms with Crippen LogP contribution >= 0.6 is 0 Å². The minimum absolute atomic E-state index is 0.698. The van der Waals surface area contributed by atoms with Crippen LogP contribution in [0.5, 0.6) is 0 Å². The Bertz CT molecular complexity index is 1140. The van der Waals surface area contributed by atoms with Gasteiger partial charge in [0.05, 0.1) is 17.6 Å². The molecule has 4 aromatic carbocycles. The summed E-state index contributed by atoms with van der Waals surface area (Å²) in [6, 6.07) is 23.4. The second-order valence-electron chi connectivity index (χ2n) is 10.6. The first kappa shape index (κ1) is 23.3. The standard InChI is InChI=1S/C30H38Si2/c1-19(2)31(20(3)4)29-25-15-11-9-13-23(25)18-28-27(29)17-24-14-10-12-16-26(24)30(28)32(21(5)6)22(7)8/h9-22H,1-8H3. The predicted molar refractivity (Wildman–Crippen MR) is 150 cm³/mol. The van der Waals surface area contributed by atoms with Crippen LogP contribution in [0.3, 0.4) is 0 Å². The van der Waals surface area contributed by atoms with Gasteiger partial charge in [-0.2, -0.15) is 0 Å². The molecule has 32 heavy (non-hydrogen) atoms. The van der Waals surface area contributed by atoms with E-state index in [9.17, 15) is 0 Å². The molecular formula is C30H38Si2. The summed E-state index contributed by atoms with van der Waals surface area (Å²) in [4.78, 5) is 0. The van der Waals surface area contributed by atoms with Crippen LogP contribution in [-0.2, 0) is 0 Å². The van der Waals surface area contributed by atoms with Gasteiger partial charge in [-0.1, -0.05) is 104 Å². The van der Waals surface area contributed by atoms with Crippen molar-refractivity contribution in [2.24, 2.45) is 0 Å². The molecule has 0 spiro atoms. The van der Waals surface area contributed by atoms with Crippen LogP contribution in [0, 0.1) is 0 Å². The van der Waals surface area contributed by atoms with Crippen molar-refractivity contribution in [1.82, 2.24) is 0 Å². The third-order valence-corrected chi connectivity index (χ3v) is 14.2. The van der Waals surface area contributed by atoms with Gasteiger partial charge < -0.3 is 0 Å². The Kier molecular flexibility index (Phi) is 6.65. The Morgan fingerprint density at radius 1 is 0.438 bits per heavy atom. The Labute approximate surface area is 198 Å². The van der Waals surface area contributed by atoms with E-state index >= 15 is 0 Å². The molecule has 0 bridgehead atoms. The quantitative estimate of drug-likeness (QED) is 0.203. The number of rotatable bonds is 6. The third-order valence-electron chi connectivity index (χ3n) is 6.95. The van der Waals surface area contributed by atoms with E-state index in [0.29, 0.717) is 22.2 Å². The lowest BCUT2D eigenvalue weighted by atomic mass is 9.99. The van der Waals surface area contributed by atoms with Crippen LogP contribution in [0.2, 0.25) is 22.2 Å². The number of hydrogen-bond donors (Lipinski definition) is 0. The van der Waals surface area contributed by atoms with Gasteiger partial charge in [0.2, 0.25) is 0 Å². The molecule has 2 heteroatoms. The van der Waals surface area contributed by atoms with Crippen LogP contribution in [0.15, 0.2) is 60.7 Å². The molecule has 0 amide bonds. The SMILES string of the molecule is CC(C)[Si](c1c2ccccc2cc2c([Si](C(C)C)C(C)C)c3ccccc3cc12)C(C)C. The lowest BCUT2D eigenvalue weighted by Gasteiger charge is -2.30. The van der Waals surface area contributed by atoms with Crippen molar-refractivity contribution in [2.45, 2.75) is 77.6 Å².